The van der Waals surface area contributed by atoms with Gasteiger partial charge in [0.1, 0.15) is 0 Å². The molecule has 80 valence electrons. The van der Waals surface area contributed by atoms with Gasteiger partial charge in [0.2, 0.25) is 0 Å². The fourth-order valence-electron chi connectivity index (χ4n) is 1.10. The Morgan fingerprint density at radius 2 is 1.87 bits per heavy atom. The number of carbonyl (C=O) groups excluding carboxylic acids is 1. The van der Waals surface area contributed by atoms with Crippen LogP contribution in [-0.2, 0) is 6.54 Å². The van der Waals surface area contributed by atoms with Gasteiger partial charge in [0.25, 0.3) is 0 Å². The van der Waals surface area contributed by atoms with Crippen LogP contribution in [0.3, 0.4) is 0 Å². The third-order valence-electron chi connectivity index (χ3n) is 2.00. The molecule has 0 spiro atoms. The number of nitrogens with two attached hydrogens (primary N) is 1. The number of benzene rings is 1. The van der Waals surface area contributed by atoms with Crippen molar-refractivity contribution in [2.24, 2.45) is 5.73 Å². The van der Waals surface area contributed by atoms with Crippen LogP contribution in [0.4, 0.5) is 4.79 Å². The highest BCUT2D eigenvalue weighted by Gasteiger charge is 2.05. The molecule has 0 aliphatic carbocycles. The molecule has 0 atom stereocenters. The summed E-state index contributed by atoms with van der Waals surface area (Å²) in [5.74, 6) is -0.968. The normalized spacial score (nSPS) is 9.67. The first-order valence-corrected chi connectivity index (χ1v) is 4.33. The lowest BCUT2D eigenvalue weighted by atomic mass is 10.1. The lowest BCUT2D eigenvalue weighted by Crippen LogP contribution is -2.31. The average Bonchev–Trinajstić information content (AvgIpc) is 2.18. The molecule has 0 heterocycles. The molecule has 5 heteroatoms. The van der Waals surface area contributed by atoms with Crippen molar-refractivity contribution in [3.63, 3.8) is 0 Å². The van der Waals surface area contributed by atoms with E-state index in [1.165, 1.54) is 17.0 Å². The van der Waals surface area contributed by atoms with Gasteiger partial charge in [0.05, 0.1) is 5.56 Å². The number of carboxylic acid groups (broad SMARTS) is 1. The Hall–Kier alpha value is -2.04. The van der Waals surface area contributed by atoms with Crippen molar-refractivity contribution >= 4 is 12.0 Å². The van der Waals surface area contributed by atoms with E-state index in [0.717, 1.165) is 5.56 Å². The molecule has 0 saturated carbocycles. The summed E-state index contributed by atoms with van der Waals surface area (Å²) in [5, 5.41) is 8.66. The Labute approximate surface area is 87.1 Å². The molecule has 0 saturated heterocycles. The van der Waals surface area contributed by atoms with Gasteiger partial charge in [-0.1, -0.05) is 12.1 Å². The summed E-state index contributed by atoms with van der Waals surface area (Å²) in [4.78, 5) is 22.6. The number of primary amides is 1. The number of amides is 2. The molecule has 3 N–H and O–H groups in total. The second-order valence-electron chi connectivity index (χ2n) is 3.20. The molecule has 1 aromatic rings. The minimum Gasteiger partial charge on any atom is -0.478 e. The summed E-state index contributed by atoms with van der Waals surface area (Å²) in [7, 11) is 1.58. The number of nitrogens with zero attached hydrogens (tertiary/aromatic N) is 1. The fourth-order valence-corrected chi connectivity index (χ4v) is 1.10. The molecule has 0 aliphatic heterocycles. The van der Waals surface area contributed by atoms with Gasteiger partial charge >= 0.3 is 12.0 Å². The van der Waals surface area contributed by atoms with E-state index in [4.69, 9.17) is 10.8 Å². The van der Waals surface area contributed by atoms with Crippen LogP contribution in [0.25, 0.3) is 0 Å². The van der Waals surface area contributed by atoms with Gasteiger partial charge < -0.3 is 15.7 Å². The first-order valence-electron chi connectivity index (χ1n) is 4.33. The number of carbonyl (C=O) groups is 2. The Morgan fingerprint density at radius 3 is 2.27 bits per heavy atom. The smallest absolute Gasteiger partial charge is 0.335 e. The molecule has 0 aliphatic rings. The van der Waals surface area contributed by atoms with Crippen LogP contribution in [0.15, 0.2) is 24.3 Å². The molecule has 15 heavy (non-hydrogen) atoms. The van der Waals surface area contributed by atoms with Crippen molar-refractivity contribution < 1.29 is 14.7 Å². The topological polar surface area (TPSA) is 83.6 Å². The average molecular weight is 208 g/mol. The maximum absolute atomic E-state index is 10.7. The molecule has 1 aromatic carbocycles. The summed E-state index contributed by atoms with van der Waals surface area (Å²) >= 11 is 0. The van der Waals surface area contributed by atoms with Crippen molar-refractivity contribution in [1.82, 2.24) is 4.90 Å². The molecular weight excluding hydrogens is 196 g/mol. The zero-order valence-electron chi connectivity index (χ0n) is 8.30. The molecule has 5 nitrogen and oxygen atoms in total. The van der Waals surface area contributed by atoms with E-state index in [1.807, 2.05) is 0 Å². The van der Waals surface area contributed by atoms with Gasteiger partial charge in [-0.25, -0.2) is 9.59 Å². The maximum Gasteiger partial charge on any atom is 0.335 e. The van der Waals surface area contributed by atoms with E-state index in [2.05, 4.69) is 0 Å². The second kappa shape index (κ2) is 4.45. The SMILES string of the molecule is CN(Cc1ccc(C(=O)O)cc1)C(N)=O. The summed E-state index contributed by atoms with van der Waals surface area (Å²) in [6.45, 7) is 0.370. The molecular formula is C10H12N2O3. The van der Waals surface area contributed by atoms with Crippen molar-refractivity contribution in [3.05, 3.63) is 35.4 Å². The second-order valence-corrected chi connectivity index (χ2v) is 3.20. The van der Waals surface area contributed by atoms with E-state index >= 15 is 0 Å². The highest BCUT2D eigenvalue weighted by molar-refractivity contribution is 5.87. The lowest BCUT2D eigenvalue weighted by molar-refractivity contribution is 0.0697. The number of urea groups is 1. The van der Waals surface area contributed by atoms with Crippen molar-refractivity contribution in [3.8, 4) is 0 Å². The molecule has 0 radical (unpaired) electrons. The van der Waals surface area contributed by atoms with Crippen molar-refractivity contribution in [2.75, 3.05) is 7.05 Å². The van der Waals surface area contributed by atoms with Gasteiger partial charge in [-0.05, 0) is 17.7 Å². The summed E-state index contributed by atoms with van der Waals surface area (Å²) in [6, 6.07) is 5.78. The predicted octanol–water partition coefficient (Wildman–Crippen LogP) is 0.895. The highest BCUT2D eigenvalue weighted by atomic mass is 16.4. The van der Waals surface area contributed by atoms with Gasteiger partial charge in [-0.15, -0.1) is 0 Å². The maximum atomic E-state index is 10.7. The number of hydrogen-bond acceptors (Lipinski definition) is 2. The summed E-state index contributed by atoms with van der Waals surface area (Å²) in [5.41, 5.74) is 6.11. The Morgan fingerprint density at radius 1 is 1.33 bits per heavy atom. The van der Waals surface area contributed by atoms with Crippen LogP contribution in [0.5, 0.6) is 0 Å². The minimum absolute atomic E-state index is 0.223. The van der Waals surface area contributed by atoms with E-state index in [-0.39, 0.29) is 5.56 Å². The first kappa shape index (κ1) is 11.0. The van der Waals surface area contributed by atoms with Crippen LogP contribution in [0, 0.1) is 0 Å². The Kier molecular flexibility index (Phi) is 3.28. The number of aromatic carboxylic acids is 1. The molecule has 2 amide bonds. The Balaban J connectivity index is 2.72. The van der Waals surface area contributed by atoms with Gasteiger partial charge in [0.15, 0.2) is 0 Å². The van der Waals surface area contributed by atoms with Crippen LogP contribution in [0.2, 0.25) is 0 Å². The zero-order valence-corrected chi connectivity index (χ0v) is 8.30. The number of rotatable bonds is 3. The van der Waals surface area contributed by atoms with Gasteiger partial charge in [0, 0.05) is 13.6 Å². The molecule has 1 rings (SSSR count). The van der Waals surface area contributed by atoms with Gasteiger partial charge in [-0.2, -0.15) is 0 Å². The van der Waals surface area contributed by atoms with E-state index < -0.39 is 12.0 Å². The largest absolute Gasteiger partial charge is 0.478 e. The predicted molar refractivity (Wildman–Crippen MR) is 54.5 cm³/mol. The van der Waals surface area contributed by atoms with Crippen LogP contribution < -0.4 is 5.73 Å². The van der Waals surface area contributed by atoms with E-state index in [1.54, 1.807) is 19.2 Å². The first-order chi connectivity index (χ1) is 7.00. The molecule has 0 bridgehead atoms. The van der Waals surface area contributed by atoms with E-state index in [9.17, 15) is 9.59 Å². The van der Waals surface area contributed by atoms with Crippen molar-refractivity contribution in [2.45, 2.75) is 6.54 Å². The van der Waals surface area contributed by atoms with Crippen molar-refractivity contribution in [1.29, 1.82) is 0 Å². The Bertz CT molecular complexity index is 373. The third kappa shape index (κ3) is 2.98. The lowest BCUT2D eigenvalue weighted by Gasteiger charge is -2.13. The van der Waals surface area contributed by atoms with Crippen LogP contribution in [0.1, 0.15) is 15.9 Å². The summed E-state index contributed by atoms with van der Waals surface area (Å²) in [6.07, 6.45) is 0. The van der Waals surface area contributed by atoms with Gasteiger partial charge in [-0.3, -0.25) is 0 Å². The van der Waals surface area contributed by atoms with Crippen LogP contribution in [-0.4, -0.2) is 29.1 Å². The third-order valence-corrected chi connectivity index (χ3v) is 2.00. The zero-order chi connectivity index (χ0) is 11.4. The van der Waals surface area contributed by atoms with Crippen LogP contribution >= 0.6 is 0 Å². The monoisotopic (exact) mass is 208 g/mol. The standard InChI is InChI=1S/C10H12N2O3/c1-12(10(11)15)6-7-2-4-8(5-3-7)9(13)14/h2-5H,6H2,1H3,(H2,11,15)(H,13,14). The minimum atomic E-state index is -0.968. The quantitative estimate of drug-likeness (QED) is 0.773. The fraction of sp³-hybridized carbons (Fsp3) is 0.200. The highest BCUT2D eigenvalue weighted by Crippen LogP contribution is 2.06. The molecule has 0 fully saturated rings. The number of hydrogen-bond donors (Lipinski definition) is 2. The van der Waals surface area contributed by atoms with E-state index in [0.29, 0.717) is 6.54 Å². The number of carboxylic acids is 1. The molecule has 0 unspecified atom stereocenters. The summed E-state index contributed by atoms with van der Waals surface area (Å²) < 4.78 is 0. The molecule has 0 aromatic heterocycles.